The minimum Gasteiger partial charge on any atom is -0.481 e. The van der Waals surface area contributed by atoms with E-state index in [4.69, 9.17) is 5.11 Å². The van der Waals surface area contributed by atoms with E-state index in [1.54, 1.807) is 36.4 Å². The number of benzene rings is 2. The lowest BCUT2D eigenvalue weighted by Gasteiger charge is -2.28. The predicted molar refractivity (Wildman–Crippen MR) is 109 cm³/mol. The summed E-state index contributed by atoms with van der Waals surface area (Å²) in [6.45, 7) is -0.900. The lowest BCUT2D eigenvalue weighted by atomic mass is 10.0. The van der Waals surface area contributed by atoms with E-state index in [0.29, 0.717) is 16.2 Å². The molecule has 0 spiro atoms. The first kappa shape index (κ1) is 24.0. The first-order valence-electron chi connectivity index (χ1n) is 9.00. The number of rotatable bonds is 9. The molecule has 1 atom stereocenters. The highest BCUT2D eigenvalue weighted by Gasteiger charge is 2.31. The normalized spacial score (nSPS) is 12.0. The second kappa shape index (κ2) is 10.7. The molecule has 0 heterocycles. The third-order valence-corrected chi connectivity index (χ3v) is 4.81. The van der Waals surface area contributed by atoms with E-state index in [9.17, 15) is 33.9 Å². The van der Waals surface area contributed by atoms with Gasteiger partial charge in [0.1, 0.15) is 12.8 Å². The van der Waals surface area contributed by atoms with Crippen LogP contribution in [0.4, 0.5) is 10.5 Å². The maximum absolute atomic E-state index is 12.6. The van der Waals surface area contributed by atoms with Crippen molar-refractivity contribution < 1.29 is 39.0 Å². The Kier molecular flexibility index (Phi) is 8.29. The molecule has 0 bridgehead atoms. The average molecular weight is 451 g/mol. The van der Waals surface area contributed by atoms with Crippen LogP contribution in [0.25, 0.3) is 0 Å². The molecule has 31 heavy (non-hydrogen) atoms. The summed E-state index contributed by atoms with van der Waals surface area (Å²) in [4.78, 5) is 55.4. The highest BCUT2D eigenvalue weighted by atomic mass is 31.2. The zero-order valence-electron chi connectivity index (χ0n) is 16.2. The van der Waals surface area contributed by atoms with E-state index in [0.717, 1.165) is 0 Å². The molecule has 166 valence electrons. The molecule has 5 N–H and O–H groups in total. The van der Waals surface area contributed by atoms with Crippen LogP contribution in [0.15, 0.2) is 60.7 Å². The largest absolute Gasteiger partial charge is 0.481 e. The van der Waals surface area contributed by atoms with Gasteiger partial charge in [0.15, 0.2) is 0 Å². The van der Waals surface area contributed by atoms with Crippen LogP contribution < -0.4 is 5.32 Å². The van der Waals surface area contributed by atoms with Crippen molar-refractivity contribution in [2.45, 2.75) is 12.5 Å². The third-order valence-electron chi connectivity index (χ3n) is 4.10. The van der Waals surface area contributed by atoms with Crippen LogP contribution in [0, 0.1) is 0 Å². The van der Waals surface area contributed by atoms with Gasteiger partial charge < -0.3 is 25.1 Å². The van der Waals surface area contributed by atoms with Crippen LogP contribution in [0.5, 0.6) is 0 Å². The van der Waals surface area contributed by atoms with Crippen LogP contribution in [-0.2, 0) is 14.2 Å². The number of nitrogens with one attached hydrogen (secondary N) is 1. The molecule has 0 saturated carbocycles. The van der Waals surface area contributed by atoms with Crippen molar-refractivity contribution in [2.24, 2.45) is 0 Å². The van der Waals surface area contributed by atoms with Gasteiger partial charge in [0.25, 0.3) is 5.91 Å². The molecule has 0 aliphatic heterocycles. The Hall–Kier alpha value is -3.24. The Labute approximate surface area is 177 Å². The molecule has 3 amide bonds. The van der Waals surface area contributed by atoms with Crippen molar-refractivity contribution in [3.05, 3.63) is 66.2 Å². The number of carboxylic acids is 1. The number of urea groups is 1. The highest BCUT2D eigenvalue weighted by molar-refractivity contribution is 7.51. The highest BCUT2D eigenvalue weighted by Crippen LogP contribution is 2.35. The van der Waals surface area contributed by atoms with Crippen LogP contribution >= 0.6 is 7.60 Å². The first-order chi connectivity index (χ1) is 14.6. The number of para-hydroxylation sites is 1. The molecule has 12 heteroatoms. The predicted octanol–water partition coefficient (Wildman–Crippen LogP) is 2.09. The van der Waals surface area contributed by atoms with Crippen LogP contribution in [0.3, 0.4) is 0 Å². The molecule has 0 radical (unpaired) electrons. The summed E-state index contributed by atoms with van der Waals surface area (Å²) >= 11 is 0. The third kappa shape index (κ3) is 7.83. The minimum atomic E-state index is -4.75. The van der Waals surface area contributed by atoms with E-state index in [2.05, 4.69) is 5.32 Å². The molecule has 0 aliphatic carbocycles. The van der Waals surface area contributed by atoms with Crippen molar-refractivity contribution >= 4 is 31.2 Å². The van der Waals surface area contributed by atoms with Crippen LogP contribution in [-0.4, -0.2) is 60.8 Å². The van der Waals surface area contributed by atoms with E-state index in [-0.39, 0.29) is 5.06 Å². The molecule has 2 rings (SSSR count). The summed E-state index contributed by atoms with van der Waals surface area (Å²) in [6, 6.07) is 13.7. The van der Waals surface area contributed by atoms with E-state index in [1.807, 2.05) is 0 Å². The van der Waals surface area contributed by atoms with Gasteiger partial charge >= 0.3 is 19.6 Å². The Morgan fingerprint density at radius 3 is 2.03 bits per heavy atom. The molecule has 2 aromatic carbocycles. The number of amides is 3. The fraction of sp³-hybridized carbons (Fsp3) is 0.211. The number of carboxylic acid groups (broad SMARTS) is 1. The van der Waals surface area contributed by atoms with Crippen LogP contribution in [0.2, 0.25) is 0 Å². The van der Waals surface area contributed by atoms with Gasteiger partial charge in [0.05, 0.1) is 12.5 Å². The zero-order chi connectivity index (χ0) is 23.0. The van der Waals surface area contributed by atoms with Gasteiger partial charge in [0, 0.05) is 5.69 Å². The minimum absolute atomic E-state index is 0.159. The topological polar surface area (TPSA) is 168 Å². The standard InChI is InChI=1S/C19H22N3O8P/c23-17(22(27)16(11-18(24)25)14-7-3-1-4-8-14)12-21(13-31(28,29)30)19(26)20-15-9-5-2-6-10-15/h1-10,16,27H,11-13H2,(H,20,26)(H,24,25)(H2,28,29,30). The summed E-state index contributed by atoms with van der Waals surface area (Å²) in [7, 11) is -4.75. The van der Waals surface area contributed by atoms with Gasteiger partial charge in [0.2, 0.25) is 0 Å². The number of anilines is 1. The average Bonchev–Trinajstić information content (AvgIpc) is 2.71. The number of carbonyl (C=O) groups is 3. The Bertz CT molecular complexity index is 951. The van der Waals surface area contributed by atoms with Gasteiger partial charge in [-0.15, -0.1) is 0 Å². The summed E-state index contributed by atoms with van der Waals surface area (Å²) in [6.07, 6.45) is -1.71. The zero-order valence-corrected chi connectivity index (χ0v) is 17.1. The fourth-order valence-electron chi connectivity index (χ4n) is 2.73. The van der Waals surface area contributed by atoms with Crippen molar-refractivity contribution in [1.82, 2.24) is 9.96 Å². The maximum Gasteiger partial charge on any atom is 0.344 e. The van der Waals surface area contributed by atoms with Crippen molar-refractivity contribution in [3.8, 4) is 0 Å². The smallest absolute Gasteiger partial charge is 0.344 e. The number of hydroxylamine groups is 2. The summed E-state index contributed by atoms with van der Waals surface area (Å²) in [5, 5.41) is 22.1. The molecule has 0 saturated heterocycles. The van der Waals surface area contributed by atoms with E-state index in [1.165, 1.54) is 24.3 Å². The molecule has 0 aliphatic rings. The molecular weight excluding hydrogens is 429 g/mol. The Balaban J connectivity index is 2.21. The quantitative estimate of drug-likeness (QED) is 0.219. The van der Waals surface area contributed by atoms with Crippen molar-refractivity contribution in [3.63, 3.8) is 0 Å². The lowest BCUT2D eigenvalue weighted by molar-refractivity contribution is -0.179. The summed E-state index contributed by atoms with van der Waals surface area (Å²) in [5.41, 5.74) is 0.653. The second-order valence-electron chi connectivity index (χ2n) is 6.56. The monoisotopic (exact) mass is 451 g/mol. The van der Waals surface area contributed by atoms with Gasteiger partial charge in [-0.1, -0.05) is 48.5 Å². The first-order valence-corrected chi connectivity index (χ1v) is 10.8. The summed E-state index contributed by atoms with van der Waals surface area (Å²) in [5.74, 6) is -2.40. The molecule has 0 fully saturated rings. The fourth-order valence-corrected chi connectivity index (χ4v) is 3.40. The number of aliphatic carboxylic acids is 1. The van der Waals surface area contributed by atoms with Crippen molar-refractivity contribution in [2.75, 3.05) is 18.1 Å². The molecular formula is C19H22N3O8P. The maximum atomic E-state index is 12.6. The number of hydrogen-bond acceptors (Lipinski definition) is 5. The number of hydrogen-bond donors (Lipinski definition) is 5. The van der Waals surface area contributed by atoms with Gasteiger partial charge in [-0.05, 0) is 17.7 Å². The lowest BCUT2D eigenvalue weighted by Crippen LogP contribution is -2.45. The van der Waals surface area contributed by atoms with Crippen molar-refractivity contribution in [1.29, 1.82) is 0 Å². The number of carbonyl (C=O) groups excluding carboxylic acids is 2. The number of nitrogens with zero attached hydrogens (tertiary/aromatic N) is 2. The Morgan fingerprint density at radius 2 is 1.52 bits per heavy atom. The van der Waals surface area contributed by atoms with Crippen LogP contribution in [0.1, 0.15) is 18.0 Å². The molecule has 2 aromatic rings. The molecule has 0 aromatic heterocycles. The SMILES string of the molecule is O=C(O)CC(c1ccccc1)N(O)C(=O)CN(CP(=O)(O)O)C(=O)Nc1ccccc1. The van der Waals surface area contributed by atoms with Gasteiger partial charge in [-0.25, -0.2) is 9.86 Å². The summed E-state index contributed by atoms with van der Waals surface area (Å²) < 4.78 is 11.5. The van der Waals surface area contributed by atoms with E-state index < -0.39 is 50.8 Å². The van der Waals surface area contributed by atoms with Gasteiger partial charge in [-0.3, -0.25) is 19.4 Å². The van der Waals surface area contributed by atoms with E-state index >= 15 is 0 Å². The molecule has 11 nitrogen and oxygen atoms in total. The second-order valence-corrected chi connectivity index (χ2v) is 8.18. The van der Waals surface area contributed by atoms with Gasteiger partial charge in [-0.2, -0.15) is 0 Å². The molecule has 1 unspecified atom stereocenters. The Morgan fingerprint density at radius 1 is 0.968 bits per heavy atom.